The summed E-state index contributed by atoms with van der Waals surface area (Å²) in [5.74, 6) is 0. The van der Waals surface area contributed by atoms with E-state index < -0.39 is 0 Å². The van der Waals surface area contributed by atoms with E-state index in [4.69, 9.17) is 11.6 Å². The van der Waals surface area contributed by atoms with Crippen LogP contribution in [0.25, 0.3) is 0 Å². The summed E-state index contributed by atoms with van der Waals surface area (Å²) in [7, 11) is 0. The van der Waals surface area contributed by atoms with Crippen LogP contribution in [0.1, 0.15) is 33.4 Å². The minimum Gasteiger partial charge on any atom is -0.0843 e. The summed E-state index contributed by atoms with van der Waals surface area (Å²) in [6.45, 7) is 13.5. The predicted molar refractivity (Wildman–Crippen MR) is 117 cm³/mol. The molecule has 0 saturated carbocycles. The van der Waals surface area contributed by atoms with Gasteiger partial charge in [-0.25, -0.2) is 0 Å². The number of hydrogen-bond donors (Lipinski definition) is 0. The van der Waals surface area contributed by atoms with Crippen molar-refractivity contribution in [3.63, 3.8) is 0 Å². The molecule has 0 aliphatic heterocycles. The standard InChI is InChI=1S/C24H26BCl/c1-15-11-17(3)23(18(4)12-15)25(21-7-9-22(26)10-8-21)24-19(5)13-16(2)14-20(24)6/h7-14H,1-6H3. The Bertz CT molecular complexity index is 851. The van der Waals surface area contributed by atoms with Crippen molar-refractivity contribution in [1.29, 1.82) is 0 Å². The molecule has 0 aliphatic rings. The van der Waals surface area contributed by atoms with Crippen molar-refractivity contribution >= 4 is 34.7 Å². The molecule has 0 atom stereocenters. The Balaban J connectivity index is 2.34. The van der Waals surface area contributed by atoms with Gasteiger partial charge in [0, 0.05) is 5.02 Å². The first-order chi connectivity index (χ1) is 12.3. The van der Waals surface area contributed by atoms with Gasteiger partial charge in [-0.05, 0) is 53.7 Å². The van der Waals surface area contributed by atoms with E-state index in [0.29, 0.717) is 0 Å². The lowest BCUT2D eigenvalue weighted by atomic mass is 9.34. The van der Waals surface area contributed by atoms with E-state index in [0.717, 1.165) is 5.02 Å². The molecule has 3 aromatic carbocycles. The molecule has 0 aliphatic carbocycles. The Morgan fingerprint density at radius 3 is 1.27 bits per heavy atom. The molecule has 0 aromatic heterocycles. The van der Waals surface area contributed by atoms with E-state index >= 15 is 0 Å². The summed E-state index contributed by atoms with van der Waals surface area (Å²) >= 11 is 6.18. The predicted octanol–water partition coefficient (Wildman–Crippen LogP) is 4.71. The molecular formula is C24H26BCl. The summed E-state index contributed by atoms with van der Waals surface area (Å²) in [6, 6.07) is 17.5. The molecule has 0 heterocycles. The highest BCUT2D eigenvalue weighted by molar-refractivity contribution is 6.96. The zero-order chi connectivity index (χ0) is 19.0. The van der Waals surface area contributed by atoms with E-state index in [-0.39, 0.29) is 6.71 Å². The summed E-state index contributed by atoms with van der Waals surface area (Å²) in [6.07, 6.45) is 0. The Kier molecular flexibility index (Phi) is 5.30. The van der Waals surface area contributed by atoms with Crippen LogP contribution in [0.3, 0.4) is 0 Å². The molecule has 0 saturated heterocycles. The van der Waals surface area contributed by atoms with Gasteiger partial charge in [0.15, 0.2) is 0 Å². The number of aryl methyl sites for hydroxylation is 6. The smallest absolute Gasteiger partial charge is 0.0843 e. The number of hydrogen-bond acceptors (Lipinski definition) is 0. The molecule has 132 valence electrons. The van der Waals surface area contributed by atoms with Gasteiger partial charge in [0.2, 0.25) is 6.71 Å². The van der Waals surface area contributed by atoms with Crippen molar-refractivity contribution in [2.45, 2.75) is 41.5 Å². The largest absolute Gasteiger partial charge is 0.242 e. The number of halogens is 1. The Morgan fingerprint density at radius 2 is 0.923 bits per heavy atom. The van der Waals surface area contributed by atoms with Crippen LogP contribution >= 0.6 is 11.6 Å². The Morgan fingerprint density at radius 1 is 0.577 bits per heavy atom. The molecule has 2 heteroatoms. The van der Waals surface area contributed by atoms with E-state index in [2.05, 4.69) is 77.9 Å². The maximum absolute atomic E-state index is 6.18. The third-order valence-electron chi connectivity index (χ3n) is 5.26. The average molecular weight is 361 g/mol. The van der Waals surface area contributed by atoms with Gasteiger partial charge in [-0.2, -0.15) is 0 Å². The fraction of sp³-hybridized carbons (Fsp3) is 0.250. The van der Waals surface area contributed by atoms with Crippen molar-refractivity contribution in [1.82, 2.24) is 0 Å². The molecule has 0 spiro atoms. The SMILES string of the molecule is Cc1cc(C)c(B(c2ccc(Cl)cc2)c2c(C)cc(C)cc2C)c(C)c1. The van der Waals surface area contributed by atoms with Crippen LogP contribution in [0.2, 0.25) is 5.02 Å². The normalized spacial score (nSPS) is 10.9. The highest BCUT2D eigenvalue weighted by atomic mass is 35.5. The van der Waals surface area contributed by atoms with Crippen molar-refractivity contribution in [2.75, 3.05) is 0 Å². The Hall–Kier alpha value is -1.99. The summed E-state index contributed by atoms with van der Waals surface area (Å²) in [5, 5.41) is 0.780. The first-order valence-corrected chi connectivity index (χ1v) is 9.56. The van der Waals surface area contributed by atoms with Gasteiger partial charge in [-0.15, -0.1) is 0 Å². The fourth-order valence-electron chi connectivity index (χ4n) is 4.43. The second-order valence-electron chi connectivity index (χ2n) is 7.61. The average Bonchev–Trinajstić information content (AvgIpc) is 2.52. The minimum atomic E-state index is 0.216. The zero-order valence-electron chi connectivity index (χ0n) is 16.6. The van der Waals surface area contributed by atoms with E-state index in [9.17, 15) is 0 Å². The molecular weight excluding hydrogens is 335 g/mol. The van der Waals surface area contributed by atoms with Crippen LogP contribution in [0.4, 0.5) is 0 Å². The molecule has 0 bridgehead atoms. The van der Waals surface area contributed by atoms with Gasteiger partial charge < -0.3 is 0 Å². The lowest BCUT2D eigenvalue weighted by molar-refractivity contribution is 1.34. The summed E-state index contributed by atoms with van der Waals surface area (Å²) < 4.78 is 0. The lowest BCUT2D eigenvalue weighted by Gasteiger charge is -2.24. The molecule has 0 amide bonds. The molecule has 0 unspecified atom stereocenters. The maximum Gasteiger partial charge on any atom is 0.242 e. The van der Waals surface area contributed by atoms with Gasteiger partial charge in [-0.3, -0.25) is 0 Å². The monoisotopic (exact) mass is 360 g/mol. The van der Waals surface area contributed by atoms with E-state index in [1.807, 2.05) is 12.1 Å². The van der Waals surface area contributed by atoms with Crippen LogP contribution in [0.15, 0.2) is 48.5 Å². The molecule has 0 fully saturated rings. The lowest BCUT2D eigenvalue weighted by Crippen LogP contribution is -2.55. The highest BCUT2D eigenvalue weighted by Crippen LogP contribution is 2.13. The van der Waals surface area contributed by atoms with Crippen LogP contribution in [-0.4, -0.2) is 6.71 Å². The van der Waals surface area contributed by atoms with Gasteiger partial charge in [0.1, 0.15) is 0 Å². The number of rotatable bonds is 3. The van der Waals surface area contributed by atoms with E-state index in [1.165, 1.54) is 49.8 Å². The molecule has 26 heavy (non-hydrogen) atoms. The van der Waals surface area contributed by atoms with Crippen LogP contribution in [0, 0.1) is 41.5 Å². The van der Waals surface area contributed by atoms with Gasteiger partial charge >= 0.3 is 0 Å². The van der Waals surface area contributed by atoms with Crippen molar-refractivity contribution < 1.29 is 0 Å². The molecule has 3 rings (SSSR count). The topological polar surface area (TPSA) is 0 Å². The molecule has 0 N–H and O–H groups in total. The summed E-state index contributed by atoms with van der Waals surface area (Å²) in [4.78, 5) is 0. The highest BCUT2D eigenvalue weighted by Gasteiger charge is 2.28. The number of benzene rings is 3. The third-order valence-corrected chi connectivity index (χ3v) is 5.51. The quantitative estimate of drug-likeness (QED) is 0.594. The van der Waals surface area contributed by atoms with Crippen molar-refractivity contribution in [3.8, 4) is 0 Å². The van der Waals surface area contributed by atoms with Gasteiger partial charge in [0.05, 0.1) is 0 Å². The maximum atomic E-state index is 6.18. The first kappa shape index (κ1) is 18.8. The Labute approximate surface area is 163 Å². The summed E-state index contributed by atoms with van der Waals surface area (Å²) in [5.41, 5.74) is 12.1. The fourth-order valence-corrected chi connectivity index (χ4v) is 4.55. The molecule has 3 aromatic rings. The van der Waals surface area contributed by atoms with Crippen molar-refractivity contribution in [3.05, 3.63) is 86.9 Å². The molecule has 0 radical (unpaired) electrons. The van der Waals surface area contributed by atoms with E-state index in [1.54, 1.807) is 0 Å². The van der Waals surface area contributed by atoms with Crippen molar-refractivity contribution in [2.24, 2.45) is 0 Å². The third kappa shape index (κ3) is 3.59. The van der Waals surface area contributed by atoms with Gasteiger partial charge in [-0.1, -0.05) is 97.8 Å². The first-order valence-electron chi connectivity index (χ1n) is 9.19. The minimum absolute atomic E-state index is 0.216. The second-order valence-corrected chi connectivity index (χ2v) is 8.05. The van der Waals surface area contributed by atoms with Gasteiger partial charge in [0.25, 0.3) is 0 Å². The second kappa shape index (κ2) is 7.33. The molecule has 0 nitrogen and oxygen atoms in total. The van der Waals surface area contributed by atoms with Crippen LogP contribution in [-0.2, 0) is 0 Å². The van der Waals surface area contributed by atoms with Crippen LogP contribution in [0.5, 0.6) is 0 Å². The zero-order valence-corrected chi connectivity index (χ0v) is 17.3. The van der Waals surface area contributed by atoms with Crippen LogP contribution < -0.4 is 16.4 Å².